The van der Waals surface area contributed by atoms with Crippen LogP contribution in [0.5, 0.6) is 0 Å². The molecule has 1 aromatic heterocycles. The van der Waals surface area contributed by atoms with Gasteiger partial charge in [0.1, 0.15) is 0 Å². The summed E-state index contributed by atoms with van der Waals surface area (Å²) in [6.45, 7) is 5.92. The van der Waals surface area contributed by atoms with E-state index >= 15 is 0 Å². The molecule has 1 aliphatic rings. The fourth-order valence-electron chi connectivity index (χ4n) is 2.68. The van der Waals surface area contributed by atoms with Crippen LogP contribution < -0.4 is 5.32 Å². The van der Waals surface area contributed by atoms with Gasteiger partial charge >= 0.3 is 0 Å². The number of thiazole rings is 1. The quantitative estimate of drug-likeness (QED) is 0.921. The highest BCUT2D eigenvalue weighted by molar-refractivity contribution is 7.09. The number of hydrogen-bond donors (Lipinski definition) is 1. The molecule has 21 heavy (non-hydrogen) atoms. The number of halogens is 2. The first kappa shape index (κ1) is 16.7. The Balaban J connectivity index is 0.00000161. The Bertz CT molecular complexity index is 588. The smallest absolute Gasteiger partial charge is 0.0897 e. The zero-order valence-electron chi connectivity index (χ0n) is 11.9. The molecule has 1 N–H and O–H groups in total. The van der Waals surface area contributed by atoms with Gasteiger partial charge in [-0.3, -0.25) is 4.90 Å². The van der Waals surface area contributed by atoms with Crippen molar-refractivity contribution < 1.29 is 0 Å². The summed E-state index contributed by atoms with van der Waals surface area (Å²) in [5.74, 6) is 0. The molecule has 6 heteroatoms. The number of piperazine rings is 1. The Hall–Kier alpha value is -0.650. The fourth-order valence-corrected chi connectivity index (χ4v) is 3.54. The number of nitrogens with one attached hydrogen (secondary N) is 1. The van der Waals surface area contributed by atoms with Crippen LogP contribution in [0.2, 0.25) is 5.02 Å². The monoisotopic (exact) mass is 343 g/mol. The zero-order valence-corrected chi connectivity index (χ0v) is 14.3. The van der Waals surface area contributed by atoms with Crippen molar-refractivity contribution >= 4 is 35.3 Å². The molecule has 0 bridgehead atoms. The van der Waals surface area contributed by atoms with E-state index in [-0.39, 0.29) is 12.4 Å². The van der Waals surface area contributed by atoms with E-state index in [2.05, 4.69) is 39.6 Å². The fraction of sp³-hybridized carbons (Fsp3) is 0.400. The topological polar surface area (TPSA) is 28.2 Å². The SMILES string of the molecule is Cc1nc(CN2CCNCC2c2ccccc2Cl)cs1.Cl. The van der Waals surface area contributed by atoms with Gasteiger partial charge in [0.05, 0.1) is 10.7 Å². The lowest BCUT2D eigenvalue weighted by Gasteiger charge is -2.36. The van der Waals surface area contributed by atoms with Crippen LogP contribution in [0.15, 0.2) is 29.6 Å². The molecule has 0 aliphatic carbocycles. The summed E-state index contributed by atoms with van der Waals surface area (Å²) in [4.78, 5) is 7.04. The van der Waals surface area contributed by atoms with Gasteiger partial charge in [-0.15, -0.1) is 23.7 Å². The predicted octanol–water partition coefficient (Wildman–Crippen LogP) is 3.67. The third kappa shape index (κ3) is 3.96. The normalized spacial score (nSPS) is 19.2. The van der Waals surface area contributed by atoms with E-state index in [1.807, 2.05) is 12.1 Å². The maximum Gasteiger partial charge on any atom is 0.0897 e. The molecule has 1 aromatic carbocycles. The summed E-state index contributed by atoms with van der Waals surface area (Å²) < 4.78 is 0. The van der Waals surface area contributed by atoms with Crippen LogP contribution in [0.1, 0.15) is 22.3 Å². The van der Waals surface area contributed by atoms with Crippen molar-refractivity contribution in [2.75, 3.05) is 19.6 Å². The molecular formula is C15H19Cl2N3S. The van der Waals surface area contributed by atoms with E-state index in [1.54, 1.807) is 11.3 Å². The molecule has 114 valence electrons. The summed E-state index contributed by atoms with van der Waals surface area (Å²) in [5, 5.41) is 7.59. The van der Waals surface area contributed by atoms with Crippen molar-refractivity contribution in [2.45, 2.75) is 19.5 Å². The number of hydrogen-bond acceptors (Lipinski definition) is 4. The molecule has 2 heterocycles. The number of aryl methyl sites for hydroxylation is 1. The van der Waals surface area contributed by atoms with Crippen LogP contribution in [0.4, 0.5) is 0 Å². The Morgan fingerprint density at radius 1 is 1.43 bits per heavy atom. The Morgan fingerprint density at radius 3 is 2.95 bits per heavy atom. The predicted molar refractivity (Wildman–Crippen MR) is 91.6 cm³/mol. The molecular weight excluding hydrogens is 325 g/mol. The van der Waals surface area contributed by atoms with Crippen LogP contribution in [-0.4, -0.2) is 29.5 Å². The van der Waals surface area contributed by atoms with E-state index in [0.717, 1.165) is 41.9 Å². The third-order valence-corrected chi connectivity index (χ3v) is 4.82. The van der Waals surface area contributed by atoms with Gasteiger partial charge in [-0.2, -0.15) is 0 Å². The second-order valence-corrected chi connectivity index (χ2v) is 6.54. The highest BCUT2D eigenvalue weighted by Crippen LogP contribution is 2.29. The van der Waals surface area contributed by atoms with Crippen LogP contribution in [0.25, 0.3) is 0 Å². The van der Waals surface area contributed by atoms with Gasteiger partial charge in [0.15, 0.2) is 0 Å². The molecule has 1 aliphatic heterocycles. The highest BCUT2D eigenvalue weighted by atomic mass is 35.5. The minimum absolute atomic E-state index is 0. The molecule has 0 amide bonds. The summed E-state index contributed by atoms with van der Waals surface area (Å²) in [6.07, 6.45) is 0. The van der Waals surface area contributed by atoms with Gasteiger partial charge in [0, 0.05) is 42.6 Å². The van der Waals surface area contributed by atoms with Gasteiger partial charge in [-0.05, 0) is 18.6 Å². The van der Waals surface area contributed by atoms with Crippen LogP contribution in [0, 0.1) is 6.92 Å². The minimum atomic E-state index is 0. The second-order valence-electron chi connectivity index (χ2n) is 5.07. The summed E-state index contributed by atoms with van der Waals surface area (Å²) >= 11 is 8.08. The van der Waals surface area contributed by atoms with Gasteiger partial charge in [-0.25, -0.2) is 4.98 Å². The largest absolute Gasteiger partial charge is 0.314 e. The number of rotatable bonds is 3. The Labute approximate surface area is 140 Å². The minimum Gasteiger partial charge on any atom is -0.314 e. The number of benzene rings is 1. The number of aromatic nitrogens is 1. The van der Waals surface area contributed by atoms with E-state index in [0.29, 0.717) is 6.04 Å². The van der Waals surface area contributed by atoms with Crippen LogP contribution in [-0.2, 0) is 6.54 Å². The summed E-state index contributed by atoms with van der Waals surface area (Å²) in [5.41, 5.74) is 2.36. The molecule has 1 fully saturated rings. The molecule has 0 spiro atoms. The van der Waals surface area contributed by atoms with Crippen molar-refractivity contribution in [1.82, 2.24) is 15.2 Å². The molecule has 0 saturated carbocycles. The lowest BCUT2D eigenvalue weighted by molar-refractivity contribution is 0.152. The van der Waals surface area contributed by atoms with Gasteiger partial charge in [0.2, 0.25) is 0 Å². The lowest BCUT2D eigenvalue weighted by Crippen LogP contribution is -2.45. The van der Waals surface area contributed by atoms with Crippen molar-refractivity contribution in [1.29, 1.82) is 0 Å². The molecule has 3 rings (SSSR count). The first-order chi connectivity index (χ1) is 9.74. The zero-order chi connectivity index (χ0) is 13.9. The molecule has 1 atom stereocenters. The molecule has 0 radical (unpaired) electrons. The lowest BCUT2D eigenvalue weighted by atomic mass is 10.0. The standard InChI is InChI=1S/C15H18ClN3S.ClH/c1-11-18-12(10-20-11)9-19-7-6-17-8-15(19)13-4-2-3-5-14(13)16;/h2-5,10,15,17H,6-9H2,1H3;1H. The maximum atomic E-state index is 6.36. The van der Waals surface area contributed by atoms with Crippen molar-refractivity contribution in [3.63, 3.8) is 0 Å². The average Bonchev–Trinajstić information content (AvgIpc) is 2.86. The summed E-state index contributed by atoms with van der Waals surface area (Å²) in [7, 11) is 0. The average molecular weight is 344 g/mol. The maximum absolute atomic E-state index is 6.36. The Morgan fingerprint density at radius 2 is 2.24 bits per heavy atom. The van der Waals surface area contributed by atoms with Gasteiger partial charge in [-0.1, -0.05) is 29.8 Å². The van der Waals surface area contributed by atoms with E-state index in [9.17, 15) is 0 Å². The molecule has 2 aromatic rings. The summed E-state index contributed by atoms with van der Waals surface area (Å²) in [6, 6.07) is 8.45. The highest BCUT2D eigenvalue weighted by Gasteiger charge is 2.25. The van der Waals surface area contributed by atoms with Crippen molar-refractivity contribution in [3.8, 4) is 0 Å². The molecule has 1 saturated heterocycles. The first-order valence-corrected chi connectivity index (χ1v) is 8.10. The van der Waals surface area contributed by atoms with E-state index < -0.39 is 0 Å². The van der Waals surface area contributed by atoms with Crippen LogP contribution in [0.3, 0.4) is 0 Å². The Kier molecular flexibility index (Phi) is 6.02. The van der Waals surface area contributed by atoms with Gasteiger partial charge < -0.3 is 5.32 Å². The number of nitrogens with zero attached hydrogens (tertiary/aromatic N) is 2. The van der Waals surface area contributed by atoms with Gasteiger partial charge in [0.25, 0.3) is 0 Å². The van der Waals surface area contributed by atoms with E-state index in [4.69, 9.17) is 11.6 Å². The van der Waals surface area contributed by atoms with Crippen molar-refractivity contribution in [2.24, 2.45) is 0 Å². The third-order valence-electron chi connectivity index (χ3n) is 3.65. The van der Waals surface area contributed by atoms with E-state index in [1.165, 1.54) is 5.56 Å². The molecule has 1 unspecified atom stereocenters. The first-order valence-electron chi connectivity index (χ1n) is 6.84. The molecule has 3 nitrogen and oxygen atoms in total. The second kappa shape index (κ2) is 7.56. The van der Waals surface area contributed by atoms with Crippen molar-refractivity contribution in [3.05, 3.63) is 50.9 Å². The van der Waals surface area contributed by atoms with Crippen LogP contribution >= 0.6 is 35.3 Å².